The van der Waals surface area contributed by atoms with E-state index < -0.39 is 0 Å². The van der Waals surface area contributed by atoms with Gasteiger partial charge < -0.3 is 11.1 Å². The van der Waals surface area contributed by atoms with Crippen LogP contribution in [0.3, 0.4) is 0 Å². The number of carbonyl (C=O) groups is 2. The standard InChI is InChI=1S/C20H23N5O2/c21-20(27)15-10-12-25(13-11-15)14-19(26)22-16-6-8-18(9-7-16)24-23-17-4-2-1-3-5-17/h1-9,15H,10-14H2,(H2,21,27)(H,22,26). The molecule has 0 unspecified atom stereocenters. The minimum atomic E-state index is -0.247. The SMILES string of the molecule is NC(=O)C1CCN(CC(=O)Nc2ccc(N=Nc3ccccc3)cc2)CC1. The third-order valence-electron chi connectivity index (χ3n) is 4.55. The van der Waals surface area contributed by atoms with Crippen molar-refractivity contribution in [2.24, 2.45) is 21.9 Å². The Hall–Kier alpha value is -3.06. The molecule has 27 heavy (non-hydrogen) atoms. The number of piperidine rings is 1. The highest BCUT2D eigenvalue weighted by molar-refractivity contribution is 5.92. The van der Waals surface area contributed by atoms with Gasteiger partial charge in [0.2, 0.25) is 11.8 Å². The number of nitrogens with one attached hydrogen (secondary N) is 1. The topological polar surface area (TPSA) is 100 Å². The van der Waals surface area contributed by atoms with Crippen molar-refractivity contribution in [1.29, 1.82) is 0 Å². The van der Waals surface area contributed by atoms with Gasteiger partial charge in [0, 0.05) is 11.6 Å². The van der Waals surface area contributed by atoms with Gasteiger partial charge in [-0.05, 0) is 62.3 Å². The zero-order valence-corrected chi connectivity index (χ0v) is 15.0. The van der Waals surface area contributed by atoms with E-state index in [1.807, 2.05) is 35.2 Å². The molecule has 1 aliphatic rings. The Morgan fingerprint density at radius 3 is 2.15 bits per heavy atom. The van der Waals surface area contributed by atoms with Crippen LogP contribution in [0.1, 0.15) is 12.8 Å². The van der Waals surface area contributed by atoms with Crippen LogP contribution < -0.4 is 11.1 Å². The van der Waals surface area contributed by atoms with Gasteiger partial charge in [-0.25, -0.2) is 0 Å². The van der Waals surface area contributed by atoms with Gasteiger partial charge >= 0.3 is 0 Å². The molecule has 0 saturated carbocycles. The summed E-state index contributed by atoms with van der Waals surface area (Å²) in [7, 11) is 0. The molecule has 0 aliphatic carbocycles. The number of azo groups is 1. The molecule has 1 heterocycles. The largest absolute Gasteiger partial charge is 0.369 e. The van der Waals surface area contributed by atoms with E-state index in [-0.39, 0.29) is 17.7 Å². The van der Waals surface area contributed by atoms with Crippen molar-refractivity contribution < 1.29 is 9.59 Å². The maximum Gasteiger partial charge on any atom is 0.238 e. The summed E-state index contributed by atoms with van der Waals surface area (Å²) in [5.74, 6) is -0.392. The highest BCUT2D eigenvalue weighted by Gasteiger charge is 2.24. The normalized spacial score (nSPS) is 15.7. The molecule has 0 bridgehead atoms. The quantitative estimate of drug-likeness (QED) is 0.769. The molecule has 1 fully saturated rings. The summed E-state index contributed by atoms with van der Waals surface area (Å²) in [6.45, 7) is 1.72. The van der Waals surface area contributed by atoms with E-state index in [0.29, 0.717) is 43.9 Å². The third kappa shape index (κ3) is 5.72. The van der Waals surface area contributed by atoms with E-state index in [0.717, 1.165) is 5.69 Å². The van der Waals surface area contributed by atoms with E-state index in [9.17, 15) is 9.59 Å². The highest BCUT2D eigenvalue weighted by atomic mass is 16.2. The number of hydrogen-bond acceptors (Lipinski definition) is 5. The number of hydrogen-bond donors (Lipinski definition) is 2. The number of amides is 2. The number of nitrogens with two attached hydrogens (primary N) is 1. The maximum absolute atomic E-state index is 12.2. The van der Waals surface area contributed by atoms with Gasteiger partial charge in [0.25, 0.3) is 0 Å². The molecular weight excluding hydrogens is 342 g/mol. The monoisotopic (exact) mass is 365 g/mol. The van der Waals surface area contributed by atoms with Crippen LogP contribution in [0.4, 0.5) is 17.1 Å². The molecule has 2 aromatic rings. The summed E-state index contributed by atoms with van der Waals surface area (Å²) in [5.41, 5.74) is 7.55. The smallest absolute Gasteiger partial charge is 0.238 e. The Balaban J connectivity index is 1.47. The summed E-state index contributed by atoms with van der Waals surface area (Å²) < 4.78 is 0. The van der Waals surface area contributed by atoms with E-state index in [1.165, 1.54) is 0 Å². The van der Waals surface area contributed by atoms with E-state index in [2.05, 4.69) is 15.5 Å². The molecule has 0 aromatic heterocycles. The first-order valence-electron chi connectivity index (χ1n) is 8.98. The van der Waals surface area contributed by atoms with Crippen LogP contribution in [0.5, 0.6) is 0 Å². The zero-order valence-electron chi connectivity index (χ0n) is 15.0. The molecule has 7 heteroatoms. The fourth-order valence-electron chi connectivity index (χ4n) is 3.00. The Labute approximate surface area is 158 Å². The second-order valence-corrected chi connectivity index (χ2v) is 6.58. The van der Waals surface area contributed by atoms with Crippen LogP contribution in [-0.2, 0) is 9.59 Å². The van der Waals surface area contributed by atoms with Gasteiger partial charge in [-0.15, -0.1) is 0 Å². The van der Waals surface area contributed by atoms with Gasteiger partial charge in [-0.3, -0.25) is 14.5 Å². The molecule has 2 amide bonds. The molecule has 3 N–H and O–H groups in total. The first-order valence-corrected chi connectivity index (χ1v) is 8.98. The van der Waals surface area contributed by atoms with Crippen molar-refractivity contribution in [3.63, 3.8) is 0 Å². The lowest BCUT2D eigenvalue weighted by molar-refractivity contribution is -0.123. The summed E-state index contributed by atoms with van der Waals surface area (Å²) in [5, 5.41) is 11.2. The van der Waals surface area contributed by atoms with Crippen LogP contribution in [-0.4, -0.2) is 36.3 Å². The predicted molar refractivity (Wildman–Crippen MR) is 104 cm³/mol. The van der Waals surface area contributed by atoms with Gasteiger partial charge in [0.05, 0.1) is 17.9 Å². The Morgan fingerprint density at radius 1 is 0.963 bits per heavy atom. The number of anilines is 1. The van der Waals surface area contributed by atoms with Crippen molar-refractivity contribution >= 4 is 28.9 Å². The number of primary amides is 1. The number of benzene rings is 2. The Kier molecular flexibility index (Phi) is 6.27. The van der Waals surface area contributed by atoms with E-state index in [4.69, 9.17) is 5.73 Å². The molecule has 0 atom stereocenters. The fourth-order valence-corrected chi connectivity index (χ4v) is 3.00. The summed E-state index contributed by atoms with van der Waals surface area (Å²) >= 11 is 0. The summed E-state index contributed by atoms with van der Waals surface area (Å²) in [6, 6.07) is 16.7. The van der Waals surface area contributed by atoms with Crippen LogP contribution in [0.15, 0.2) is 64.8 Å². The lowest BCUT2D eigenvalue weighted by Crippen LogP contribution is -2.42. The average molecular weight is 365 g/mol. The van der Waals surface area contributed by atoms with Gasteiger partial charge in [0.1, 0.15) is 0 Å². The van der Waals surface area contributed by atoms with Gasteiger partial charge in [0.15, 0.2) is 0 Å². The van der Waals surface area contributed by atoms with Crippen molar-refractivity contribution in [1.82, 2.24) is 4.90 Å². The molecule has 7 nitrogen and oxygen atoms in total. The molecular formula is C20H23N5O2. The van der Waals surface area contributed by atoms with E-state index in [1.54, 1.807) is 24.3 Å². The number of carbonyl (C=O) groups excluding carboxylic acids is 2. The van der Waals surface area contributed by atoms with Crippen molar-refractivity contribution in [2.75, 3.05) is 25.0 Å². The third-order valence-corrected chi connectivity index (χ3v) is 4.55. The number of rotatable bonds is 6. The molecule has 0 radical (unpaired) electrons. The van der Waals surface area contributed by atoms with Crippen LogP contribution in [0, 0.1) is 5.92 Å². The first-order chi connectivity index (χ1) is 13.1. The predicted octanol–water partition coefficient (Wildman–Crippen LogP) is 3.24. The lowest BCUT2D eigenvalue weighted by atomic mass is 9.96. The van der Waals surface area contributed by atoms with Crippen LogP contribution in [0.2, 0.25) is 0 Å². The molecule has 140 valence electrons. The average Bonchev–Trinajstić information content (AvgIpc) is 2.68. The maximum atomic E-state index is 12.2. The van der Waals surface area contributed by atoms with E-state index >= 15 is 0 Å². The molecule has 1 saturated heterocycles. The fraction of sp³-hybridized carbons (Fsp3) is 0.300. The summed E-state index contributed by atoms with van der Waals surface area (Å²) in [6.07, 6.45) is 1.42. The lowest BCUT2D eigenvalue weighted by Gasteiger charge is -2.29. The van der Waals surface area contributed by atoms with Gasteiger partial charge in [-0.1, -0.05) is 18.2 Å². The zero-order chi connectivity index (χ0) is 19.1. The second-order valence-electron chi connectivity index (χ2n) is 6.58. The first kappa shape index (κ1) is 18.7. The summed E-state index contributed by atoms with van der Waals surface area (Å²) in [4.78, 5) is 25.4. The van der Waals surface area contributed by atoms with Crippen molar-refractivity contribution in [3.8, 4) is 0 Å². The molecule has 2 aromatic carbocycles. The molecule has 3 rings (SSSR count). The highest BCUT2D eigenvalue weighted by Crippen LogP contribution is 2.20. The Bertz CT molecular complexity index is 797. The Morgan fingerprint density at radius 2 is 1.56 bits per heavy atom. The van der Waals surface area contributed by atoms with Gasteiger partial charge in [-0.2, -0.15) is 10.2 Å². The van der Waals surface area contributed by atoms with Crippen LogP contribution in [0.25, 0.3) is 0 Å². The van der Waals surface area contributed by atoms with Crippen molar-refractivity contribution in [3.05, 3.63) is 54.6 Å². The number of likely N-dealkylation sites (tertiary alicyclic amines) is 1. The van der Waals surface area contributed by atoms with Crippen LogP contribution >= 0.6 is 0 Å². The number of nitrogens with zero attached hydrogens (tertiary/aromatic N) is 3. The minimum Gasteiger partial charge on any atom is -0.369 e. The van der Waals surface area contributed by atoms with Crippen molar-refractivity contribution in [2.45, 2.75) is 12.8 Å². The molecule has 0 spiro atoms. The second kappa shape index (κ2) is 9.05. The molecule has 1 aliphatic heterocycles. The minimum absolute atomic E-state index is 0.0677.